The van der Waals surface area contributed by atoms with Crippen molar-refractivity contribution in [2.75, 3.05) is 0 Å². The molecule has 114 valence electrons. The first-order valence-corrected chi connectivity index (χ1v) is 8.38. The van der Waals surface area contributed by atoms with E-state index in [1.165, 1.54) is 6.42 Å². The molecule has 20 heavy (non-hydrogen) atoms. The summed E-state index contributed by atoms with van der Waals surface area (Å²) >= 11 is 3.66. The minimum absolute atomic E-state index is 0.213. The zero-order valence-corrected chi connectivity index (χ0v) is 14.9. The van der Waals surface area contributed by atoms with Gasteiger partial charge in [-0.1, -0.05) is 27.7 Å². The summed E-state index contributed by atoms with van der Waals surface area (Å²) in [6.45, 7) is 8.89. The Morgan fingerprint density at radius 3 is 2.55 bits per heavy atom. The first-order chi connectivity index (χ1) is 9.16. The Morgan fingerprint density at radius 2 is 2.05 bits per heavy atom. The zero-order chi connectivity index (χ0) is 15.1. The SMILES string of the molecule is CCc1nn(C)c(CC2(O)CC(C)CC(C)(C)C2)c1Br. The molecule has 0 aromatic carbocycles. The third-order valence-corrected chi connectivity index (χ3v) is 5.35. The van der Waals surface area contributed by atoms with E-state index in [1.807, 2.05) is 11.7 Å². The molecule has 0 saturated heterocycles. The highest BCUT2D eigenvalue weighted by Gasteiger charge is 2.42. The fraction of sp³-hybridized carbons (Fsp3) is 0.812. The molecule has 2 rings (SSSR count). The van der Waals surface area contributed by atoms with Gasteiger partial charge in [-0.25, -0.2) is 0 Å². The molecule has 0 amide bonds. The summed E-state index contributed by atoms with van der Waals surface area (Å²) in [5.74, 6) is 0.571. The molecule has 2 atom stereocenters. The quantitative estimate of drug-likeness (QED) is 0.905. The molecule has 0 spiro atoms. The Balaban J connectivity index is 2.26. The molecule has 1 saturated carbocycles. The van der Waals surface area contributed by atoms with E-state index in [4.69, 9.17) is 0 Å². The average Bonchev–Trinajstić information content (AvgIpc) is 2.52. The normalized spacial score (nSPS) is 29.6. The van der Waals surface area contributed by atoms with Gasteiger partial charge >= 0.3 is 0 Å². The highest BCUT2D eigenvalue weighted by molar-refractivity contribution is 9.10. The van der Waals surface area contributed by atoms with Crippen LogP contribution in [0.5, 0.6) is 0 Å². The van der Waals surface area contributed by atoms with Gasteiger partial charge in [-0.2, -0.15) is 5.10 Å². The smallest absolute Gasteiger partial charge is 0.0766 e. The van der Waals surface area contributed by atoms with Gasteiger partial charge in [0.25, 0.3) is 0 Å². The van der Waals surface area contributed by atoms with Crippen molar-refractivity contribution in [1.82, 2.24) is 9.78 Å². The molecule has 1 aromatic rings. The standard InChI is InChI=1S/C16H27BrN2O/c1-6-12-14(17)13(19(5)18-12)9-16(20)8-11(2)7-15(3,4)10-16/h11,20H,6-10H2,1-5H3. The van der Waals surface area contributed by atoms with Crippen LogP contribution in [0.15, 0.2) is 4.47 Å². The molecule has 1 fully saturated rings. The van der Waals surface area contributed by atoms with Gasteiger partial charge in [0.05, 0.1) is 21.5 Å². The van der Waals surface area contributed by atoms with Crippen LogP contribution in [0, 0.1) is 11.3 Å². The predicted molar refractivity (Wildman–Crippen MR) is 85.7 cm³/mol. The average molecular weight is 343 g/mol. The molecule has 0 radical (unpaired) electrons. The minimum Gasteiger partial charge on any atom is -0.389 e. The Bertz CT molecular complexity index is 495. The van der Waals surface area contributed by atoms with Crippen LogP contribution in [0.25, 0.3) is 0 Å². The van der Waals surface area contributed by atoms with Gasteiger partial charge in [-0.15, -0.1) is 0 Å². The Hall–Kier alpha value is -0.350. The summed E-state index contributed by atoms with van der Waals surface area (Å²) in [4.78, 5) is 0. The van der Waals surface area contributed by atoms with E-state index in [2.05, 4.69) is 48.7 Å². The topological polar surface area (TPSA) is 38.0 Å². The summed E-state index contributed by atoms with van der Waals surface area (Å²) in [6, 6.07) is 0. The van der Waals surface area contributed by atoms with Crippen LogP contribution in [-0.4, -0.2) is 20.5 Å². The first kappa shape index (κ1) is 16.0. The fourth-order valence-electron chi connectivity index (χ4n) is 4.16. The number of nitrogens with zero attached hydrogens (tertiary/aromatic N) is 2. The lowest BCUT2D eigenvalue weighted by molar-refractivity contribution is -0.0586. The van der Waals surface area contributed by atoms with E-state index < -0.39 is 5.60 Å². The summed E-state index contributed by atoms with van der Waals surface area (Å²) < 4.78 is 3.00. The summed E-state index contributed by atoms with van der Waals surface area (Å²) in [5, 5.41) is 15.6. The summed E-state index contributed by atoms with van der Waals surface area (Å²) in [5.41, 5.74) is 1.80. The molecule has 1 aliphatic carbocycles. The second kappa shape index (κ2) is 5.45. The first-order valence-electron chi connectivity index (χ1n) is 7.58. The number of rotatable bonds is 3. The maximum Gasteiger partial charge on any atom is 0.0766 e. The number of hydrogen-bond donors (Lipinski definition) is 1. The minimum atomic E-state index is -0.609. The molecule has 1 N–H and O–H groups in total. The van der Waals surface area contributed by atoms with Crippen LogP contribution in [0.1, 0.15) is 58.3 Å². The molecule has 4 heteroatoms. The maximum atomic E-state index is 11.1. The predicted octanol–water partition coefficient (Wildman–Crippen LogP) is 3.86. The Kier molecular flexibility index (Phi) is 4.37. The van der Waals surface area contributed by atoms with Gasteiger partial charge in [0, 0.05) is 13.5 Å². The van der Waals surface area contributed by atoms with Crippen LogP contribution < -0.4 is 0 Å². The van der Waals surface area contributed by atoms with Gasteiger partial charge in [-0.05, 0) is 52.9 Å². The van der Waals surface area contributed by atoms with Crippen LogP contribution in [0.4, 0.5) is 0 Å². The van der Waals surface area contributed by atoms with Gasteiger partial charge in [0.1, 0.15) is 0 Å². The molecule has 3 nitrogen and oxygen atoms in total. The van der Waals surface area contributed by atoms with E-state index in [1.54, 1.807) is 0 Å². The second-order valence-corrected chi connectivity index (χ2v) is 8.23. The second-order valence-electron chi connectivity index (χ2n) is 7.44. The number of aliphatic hydroxyl groups is 1. The molecular weight excluding hydrogens is 316 g/mol. The van der Waals surface area contributed by atoms with E-state index in [-0.39, 0.29) is 5.41 Å². The molecule has 1 heterocycles. The highest BCUT2D eigenvalue weighted by atomic mass is 79.9. The largest absolute Gasteiger partial charge is 0.389 e. The fourth-order valence-corrected chi connectivity index (χ4v) is 4.91. The van der Waals surface area contributed by atoms with E-state index in [9.17, 15) is 5.11 Å². The van der Waals surface area contributed by atoms with Crippen molar-refractivity contribution in [3.63, 3.8) is 0 Å². The van der Waals surface area contributed by atoms with Crippen LogP contribution >= 0.6 is 15.9 Å². The summed E-state index contributed by atoms with van der Waals surface area (Å²) in [7, 11) is 1.97. The van der Waals surface area contributed by atoms with Crippen LogP contribution in [0.2, 0.25) is 0 Å². The van der Waals surface area contributed by atoms with Crippen molar-refractivity contribution >= 4 is 15.9 Å². The van der Waals surface area contributed by atoms with Crippen molar-refractivity contribution in [3.05, 3.63) is 15.9 Å². The van der Waals surface area contributed by atoms with Crippen molar-refractivity contribution in [1.29, 1.82) is 0 Å². The van der Waals surface area contributed by atoms with Crippen molar-refractivity contribution in [3.8, 4) is 0 Å². The van der Waals surface area contributed by atoms with Crippen molar-refractivity contribution < 1.29 is 5.11 Å². The van der Waals surface area contributed by atoms with Gasteiger partial charge < -0.3 is 5.11 Å². The van der Waals surface area contributed by atoms with Crippen LogP contribution in [-0.2, 0) is 19.9 Å². The Morgan fingerprint density at radius 1 is 1.40 bits per heavy atom. The third kappa shape index (κ3) is 3.28. The summed E-state index contributed by atoms with van der Waals surface area (Å²) in [6.07, 6.45) is 4.54. The highest BCUT2D eigenvalue weighted by Crippen LogP contribution is 2.45. The van der Waals surface area contributed by atoms with Gasteiger partial charge in [-0.3, -0.25) is 4.68 Å². The molecule has 0 aliphatic heterocycles. The maximum absolute atomic E-state index is 11.1. The molecular formula is C16H27BrN2O. The number of halogens is 1. The van der Waals surface area contributed by atoms with Gasteiger partial charge in [0.15, 0.2) is 0 Å². The third-order valence-electron chi connectivity index (χ3n) is 4.44. The molecule has 2 unspecified atom stereocenters. The van der Waals surface area contributed by atoms with E-state index >= 15 is 0 Å². The lowest BCUT2D eigenvalue weighted by Gasteiger charge is -2.44. The lowest BCUT2D eigenvalue weighted by atomic mass is 9.64. The van der Waals surface area contributed by atoms with Crippen molar-refractivity contribution in [2.45, 2.75) is 65.4 Å². The van der Waals surface area contributed by atoms with Crippen LogP contribution in [0.3, 0.4) is 0 Å². The molecule has 1 aliphatic rings. The van der Waals surface area contributed by atoms with Gasteiger partial charge in [0.2, 0.25) is 0 Å². The zero-order valence-electron chi connectivity index (χ0n) is 13.3. The Labute approximate surface area is 130 Å². The monoisotopic (exact) mass is 342 g/mol. The molecule has 1 aromatic heterocycles. The van der Waals surface area contributed by atoms with Crippen molar-refractivity contribution in [2.24, 2.45) is 18.4 Å². The number of aryl methyl sites for hydroxylation is 2. The molecule has 0 bridgehead atoms. The number of aromatic nitrogens is 2. The number of hydrogen-bond acceptors (Lipinski definition) is 2. The van der Waals surface area contributed by atoms with E-state index in [0.29, 0.717) is 12.3 Å². The lowest BCUT2D eigenvalue weighted by Crippen LogP contribution is -2.44. The van der Waals surface area contributed by atoms with E-state index in [0.717, 1.165) is 35.1 Å².